The number of methoxy groups -OCH3 is 1. The Hall–Kier alpha value is -0.830. The van der Waals surface area contributed by atoms with Crippen molar-refractivity contribution in [3.8, 4) is 0 Å². The van der Waals surface area contributed by atoms with Gasteiger partial charge in [-0.05, 0) is 49.0 Å². The minimum Gasteiger partial charge on any atom is -0.469 e. The summed E-state index contributed by atoms with van der Waals surface area (Å²) >= 11 is 1.95. The van der Waals surface area contributed by atoms with Crippen LogP contribution in [0.15, 0.2) is 17.5 Å². The average molecular weight is 433 g/mol. The molecule has 2 aliphatic carbocycles. The van der Waals surface area contributed by atoms with Gasteiger partial charge in [-0.2, -0.15) is 0 Å². The van der Waals surface area contributed by atoms with Gasteiger partial charge >= 0.3 is 5.97 Å². The zero-order chi connectivity index (χ0) is 21.1. The molecule has 0 spiro atoms. The maximum absolute atomic E-state index is 11.7. The molecule has 3 rings (SSSR count). The predicted molar refractivity (Wildman–Crippen MR) is 128 cm³/mol. The summed E-state index contributed by atoms with van der Waals surface area (Å²) in [5.74, 6) is 1.63. The van der Waals surface area contributed by atoms with E-state index in [4.69, 9.17) is 4.74 Å². The zero-order valence-corrected chi connectivity index (χ0v) is 20.2. The molecule has 3 atom stereocenters. The van der Waals surface area contributed by atoms with Gasteiger partial charge in [-0.1, -0.05) is 89.5 Å². The Labute approximate surface area is 189 Å². The van der Waals surface area contributed by atoms with E-state index in [1.165, 1.54) is 103 Å². The van der Waals surface area contributed by atoms with Crippen LogP contribution in [-0.2, 0) is 14.9 Å². The molecule has 2 unspecified atom stereocenters. The summed E-state index contributed by atoms with van der Waals surface area (Å²) in [6.07, 6.45) is 24.0. The van der Waals surface area contributed by atoms with Crippen molar-refractivity contribution in [3.63, 3.8) is 0 Å². The van der Waals surface area contributed by atoms with Crippen LogP contribution in [0.1, 0.15) is 120 Å². The minimum absolute atomic E-state index is 0.0495. The highest BCUT2D eigenvalue weighted by atomic mass is 32.1. The third-order valence-electron chi connectivity index (χ3n) is 7.91. The Bertz CT molecular complexity index is 572. The Morgan fingerprint density at radius 3 is 1.83 bits per heavy atom. The van der Waals surface area contributed by atoms with E-state index in [1.54, 1.807) is 4.88 Å². The molecule has 0 radical (unpaired) electrons. The molecule has 0 amide bonds. The molecule has 0 bridgehead atoms. The number of hydrogen-bond donors (Lipinski definition) is 0. The van der Waals surface area contributed by atoms with Crippen molar-refractivity contribution >= 4 is 17.3 Å². The van der Waals surface area contributed by atoms with Gasteiger partial charge in [0.25, 0.3) is 0 Å². The van der Waals surface area contributed by atoms with Crippen LogP contribution in [0.2, 0.25) is 0 Å². The van der Waals surface area contributed by atoms with Crippen molar-refractivity contribution in [3.05, 3.63) is 22.4 Å². The number of fused-ring (bicyclic) bond motifs is 1. The van der Waals surface area contributed by atoms with Crippen LogP contribution in [-0.4, -0.2) is 13.1 Å². The lowest BCUT2D eigenvalue weighted by atomic mass is 9.90. The van der Waals surface area contributed by atoms with Gasteiger partial charge < -0.3 is 4.74 Å². The maximum Gasteiger partial charge on any atom is 0.305 e. The summed E-state index contributed by atoms with van der Waals surface area (Å²) in [6.45, 7) is 0. The lowest BCUT2D eigenvalue weighted by Crippen LogP contribution is -2.12. The third kappa shape index (κ3) is 6.58. The Morgan fingerprint density at radius 1 is 0.900 bits per heavy atom. The van der Waals surface area contributed by atoms with E-state index in [2.05, 4.69) is 17.5 Å². The van der Waals surface area contributed by atoms with E-state index < -0.39 is 0 Å². The van der Waals surface area contributed by atoms with Gasteiger partial charge in [0, 0.05) is 16.7 Å². The summed E-state index contributed by atoms with van der Waals surface area (Å²) in [7, 11) is 1.51. The largest absolute Gasteiger partial charge is 0.469 e. The molecule has 0 saturated heterocycles. The minimum atomic E-state index is -0.0495. The van der Waals surface area contributed by atoms with Crippen molar-refractivity contribution in [2.75, 3.05) is 7.11 Å². The lowest BCUT2D eigenvalue weighted by molar-refractivity contribution is -0.140. The van der Waals surface area contributed by atoms with Crippen molar-refractivity contribution in [2.45, 2.75) is 121 Å². The first-order chi connectivity index (χ1) is 14.8. The standard InChI is InChI=1S/C27H44O2S/c1-29-26(28)20-15-21-27(25-19-16-22-30-25)23-17-13-11-9-7-5-3-2-4-6-8-10-12-14-18-24(23)27/h16,19,22-24H,2-15,17-18,20-21H2,1H3/t23-,24?,27?/m1/s1. The van der Waals surface area contributed by atoms with E-state index in [-0.39, 0.29) is 5.97 Å². The molecule has 2 fully saturated rings. The number of carbonyl (C=O) groups is 1. The van der Waals surface area contributed by atoms with Gasteiger partial charge in [-0.25, -0.2) is 0 Å². The van der Waals surface area contributed by atoms with E-state index in [0.29, 0.717) is 11.8 Å². The highest BCUT2D eigenvalue weighted by molar-refractivity contribution is 7.10. The zero-order valence-electron chi connectivity index (χ0n) is 19.3. The van der Waals surface area contributed by atoms with Gasteiger partial charge in [0.2, 0.25) is 0 Å². The summed E-state index contributed by atoms with van der Waals surface area (Å²) in [5, 5.41) is 2.25. The van der Waals surface area contributed by atoms with Crippen LogP contribution >= 0.6 is 11.3 Å². The first kappa shape index (κ1) is 23.8. The van der Waals surface area contributed by atoms with E-state index in [1.807, 2.05) is 11.3 Å². The summed E-state index contributed by atoms with van der Waals surface area (Å²) in [6, 6.07) is 4.61. The molecular formula is C27H44O2S. The molecule has 0 aromatic carbocycles. The van der Waals surface area contributed by atoms with Gasteiger partial charge in [0.15, 0.2) is 0 Å². The second-order valence-electron chi connectivity index (χ2n) is 9.83. The van der Waals surface area contributed by atoms with Crippen LogP contribution in [0.4, 0.5) is 0 Å². The summed E-state index contributed by atoms with van der Waals surface area (Å²) in [5.41, 5.74) is 0.355. The summed E-state index contributed by atoms with van der Waals surface area (Å²) in [4.78, 5) is 13.3. The molecule has 1 aromatic rings. The predicted octanol–water partition coefficient (Wildman–Crippen LogP) is 8.44. The third-order valence-corrected chi connectivity index (χ3v) is 8.97. The van der Waals surface area contributed by atoms with Gasteiger partial charge in [-0.15, -0.1) is 11.3 Å². The van der Waals surface area contributed by atoms with Crippen LogP contribution in [0, 0.1) is 11.8 Å². The number of thiophene rings is 1. The highest BCUT2D eigenvalue weighted by Crippen LogP contribution is 2.67. The molecule has 1 aromatic heterocycles. The number of rotatable bonds is 5. The highest BCUT2D eigenvalue weighted by Gasteiger charge is 2.63. The van der Waals surface area contributed by atoms with Crippen LogP contribution in [0.3, 0.4) is 0 Å². The second kappa shape index (κ2) is 12.9. The van der Waals surface area contributed by atoms with Crippen molar-refractivity contribution in [2.24, 2.45) is 11.8 Å². The number of carbonyl (C=O) groups excluding carboxylic acids is 1. The molecule has 0 aliphatic heterocycles. The normalized spacial score (nSPS) is 29.5. The molecule has 3 heteroatoms. The molecule has 170 valence electrons. The van der Waals surface area contributed by atoms with Crippen molar-refractivity contribution in [1.82, 2.24) is 0 Å². The van der Waals surface area contributed by atoms with E-state index in [9.17, 15) is 4.79 Å². The molecule has 1 heterocycles. The Balaban J connectivity index is 1.63. The first-order valence-corrected chi connectivity index (χ1v) is 13.8. The first-order valence-electron chi connectivity index (χ1n) is 12.9. The van der Waals surface area contributed by atoms with Gasteiger partial charge in [-0.3, -0.25) is 4.79 Å². The van der Waals surface area contributed by atoms with Crippen LogP contribution in [0.5, 0.6) is 0 Å². The Morgan fingerprint density at radius 2 is 1.40 bits per heavy atom. The maximum atomic E-state index is 11.7. The van der Waals surface area contributed by atoms with Gasteiger partial charge in [0.1, 0.15) is 0 Å². The number of hydrogen-bond acceptors (Lipinski definition) is 3. The number of esters is 1. The SMILES string of the molecule is COC(=O)CCCC1(c2cccs2)C2CCCCCCCCCCCCCCC[C@H]21. The van der Waals surface area contributed by atoms with E-state index in [0.717, 1.165) is 24.7 Å². The molecular weight excluding hydrogens is 388 g/mol. The molecule has 2 aliphatic rings. The average Bonchev–Trinajstić information content (AvgIpc) is 3.09. The van der Waals surface area contributed by atoms with Gasteiger partial charge in [0.05, 0.1) is 7.11 Å². The Kier molecular flexibility index (Phi) is 10.2. The summed E-state index contributed by atoms with van der Waals surface area (Å²) < 4.78 is 4.91. The van der Waals surface area contributed by atoms with Crippen molar-refractivity contribution < 1.29 is 9.53 Å². The second-order valence-corrected chi connectivity index (χ2v) is 10.8. The molecule has 0 N–H and O–H groups in total. The number of ether oxygens (including phenoxy) is 1. The van der Waals surface area contributed by atoms with Crippen molar-refractivity contribution in [1.29, 1.82) is 0 Å². The lowest BCUT2D eigenvalue weighted by Gasteiger charge is -2.17. The fraction of sp³-hybridized carbons (Fsp3) is 0.815. The van der Waals surface area contributed by atoms with Crippen LogP contribution < -0.4 is 0 Å². The van der Waals surface area contributed by atoms with E-state index >= 15 is 0 Å². The molecule has 30 heavy (non-hydrogen) atoms. The monoisotopic (exact) mass is 432 g/mol. The molecule has 2 saturated carbocycles. The quantitative estimate of drug-likeness (QED) is 0.436. The topological polar surface area (TPSA) is 26.3 Å². The fourth-order valence-corrected chi connectivity index (χ4v) is 7.31. The smallest absolute Gasteiger partial charge is 0.305 e. The van der Waals surface area contributed by atoms with Crippen LogP contribution in [0.25, 0.3) is 0 Å². The molecule has 2 nitrogen and oxygen atoms in total. The fourth-order valence-electron chi connectivity index (χ4n) is 6.23.